The van der Waals surface area contributed by atoms with Crippen LogP contribution >= 0.6 is 0 Å². The highest BCUT2D eigenvalue weighted by Gasteiger charge is 2.19. The average Bonchev–Trinajstić information content (AvgIpc) is 2.34. The molecule has 1 heterocycles. The van der Waals surface area contributed by atoms with E-state index >= 15 is 0 Å². The predicted octanol–water partition coefficient (Wildman–Crippen LogP) is 0.727. The number of nitrogens with zero attached hydrogens (tertiary/aromatic N) is 3. The van der Waals surface area contributed by atoms with Crippen LogP contribution in [-0.4, -0.2) is 21.3 Å². The number of rotatable bonds is 3. The van der Waals surface area contributed by atoms with Gasteiger partial charge in [0.15, 0.2) is 0 Å². The normalized spacial score (nSPS) is 9.83. The van der Waals surface area contributed by atoms with Gasteiger partial charge in [-0.2, -0.15) is 5.10 Å². The Kier molecular flexibility index (Phi) is 2.27. The Balaban J connectivity index is 3.03. The van der Waals surface area contributed by atoms with Crippen molar-refractivity contribution in [2.24, 2.45) is 7.05 Å². The van der Waals surface area contributed by atoms with Crippen LogP contribution in [0.4, 0.5) is 5.69 Å². The van der Waals surface area contributed by atoms with E-state index in [4.69, 9.17) is 4.74 Å². The van der Waals surface area contributed by atoms with Gasteiger partial charge in [0.25, 0.3) is 5.88 Å². The van der Waals surface area contributed by atoms with Gasteiger partial charge in [-0.1, -0.05) is 0 Å². The summed E-state index contributed by atoms with van der Waals surface area (Å²) >= 11 is 0. The maximum Gasteiger partial charge on any atom is 0.350 e. The number of nitro groups is 1. The molecule has 0 aliphatic carbocycles. The van der Waals surface area contributed by atoms with Crippen molar-refractivity contribution in [2.75, 3.05) is 6.61 Å². The predicted molar refractivity (Wildman–Crippen MR) is 41.0 cm³/mol. The molecule has 66 valence electrons. The monoisotopic (exact) mass is 171 g/mol. The summed E-state index contributed by atoms with van der Waals surface area (Å²) in [6, 6.07) is 0. The van der Waals surface area contributed by atoms with Gasteiger partial charge in [-0.25, -0.2) is 4.68 Å². The number of aryl methyl sites for hydroxylation is 1. The lowest BCUT2D eigenvalue weighted by molar-refractivity contribution is -0.386. The molecule has 0 atom stereocenters. The van der Waals surface area contributed by atoms with E-state index in [0.717, 1.165) is 0 Å². The van der Waals surface area contributed by atoms with Gasteiger partial charge < -0.3 is 4.74 Å². The lowest BCUT2D eigenvalue weighted by Crippen LogP contribution is -2.01. The maximum absolute atomic E-state index is 10.4. The minimum Gasteiger partial charge on any atom is -0.473 e. The van der Waals surface area contributed by atoms with Crippen molar-refractivity contribution in [1.82, 2.24) is 9.78 Å². The van der Waals surface area contributed by atoms with Crippen molar-refractivity contribution in [3.8, 4) is 5.88 Å². The summed E-state index contributed by atoms with van der Waals surface area (Å²) in [4.78, 5) is 9.87. The van der Waals surface area contributed by atoms with Gasteiger partial charge in [0.1, 0.15) is 6.20 Å². The molecule has 0 N–H and O–H groups in total. The molecule has 1 aromatic rings. The van der Waals surface area contributed by atoms with Crippen LogP contribution in [0.25, 0.3) is 0 Å². The summed E-state index contributed by atoms with van der Waals surface area (Å²) in [6.45, 7) is 2.15. The summed E-state index contributed by atoms with van der Waals surface area (Å²) in [5.41, 5.74) is -0.0978. The molecular weight excluding hydrogens is 162 g/mol. The lowest BCUT2D eigenvalue weighted by Gasteiger charge is -2.00. The second-order valence-corrected chi connectivity index (χ2v) is 2.15. The molecule has 6 heteroatoms. The van der Waals surface area contributed by atoms with E-state index in [2.05, 4.69) is 5.10 Å². The van der Waals surface area contributed by atoms with E-state index in [1.165, 1.54) is 10.9 Å². The summed E-state index contributed by atoms with van der Waals surface area (Å²) in [5, 5.41) is 14.1. The van der Waals surface area contributed by atoms with Crippen LogP contribution in [-0.2, 0) is 7.05 Å². The molecule has 0 unspecified atom stereocenters. The molecule has 0 aliphatic heterocycles. The molecule has 0 saturated carbocycles. The van der Waals surface area contributed by atoms with Crippen LogP contribution in [0.15, 0.2) is 6.20 Å². The van der Waals surface area contributed by atoms with Gasteiger partial charge in [0, 0.05) is 7.05 Å². The van der Waals surface area contributed by atoms with Crippen molar-refractivity contribution in [3.05, 3.63) is 16.3 Å². The second kappa shape index (κ2) is 3.21. The van der Waals surface area contributed by atoms with E-state index in [1.807, 2.05) is 0 Å². The molecule has 0 bridgehead atoms. The van der Waals surface area contributed by atoms with Crippen LogP contribution in [0.3, 0.4) is 0 Å². The molecule has 0 fully saturated rings. The molecule has 0 saturated heterocycles. The Morgan fingerprint density at radius 2 is 2.50 bits per heavy atom. The maximum atomic E-state index is 10.4. The van der Waals surface area contributed by atoms with E-state index < -0.39 is 4.92 Å². The van der Waals surface area contributed by atoms with Gasteiger partial charge in [-0.15, -0.1) is 0 Å². The fourth-order valence-electron chi connectivity index (χ4n) is 0.844. The molecule has 1 aromatic heterocycles. The molecule has 0 radical (unpaired) electrons. The SMILES string of the molecule is CCOc1c([N+](=O)[O-])cnn1C. The first-order valence-corrected chi connectivity index (χ1v) is 3.46. The van der Waals surface area contributed by atoms with Crippen molar-refractivity contribution in [1.29, 1.82) is 0 Å². The van der Waals surface area contributed by atoms with Gasteiger partial charge in [0.05, 0.1) is 11.5 Å². The zero-order valence-corrected chi connectivity index (χ0v) is 6.85. The van der Waals surface area contributed by atoms with Crippen LogP contribution in [0.2, 0.25) is 0 Å². The minimum atomic E-state index is -0.516. The molecule has 6 nitrogen and oxygen atoms in total. The second-order valence-electron chi connectivity index (χ2n) is 2.15. The largest absolute Gasteiger partial charge is 0.473 e. The van der Waals surface area contributed by atoms with E-state index in [-0.39, 0.29) is 11.6 Å². The highest BCUT2D eigenvalue weighted by molar-refractivity contribution is 5.38. The Morgan fingerprint density at radius 1 is 1.83 bits per heavy atom. The highest BCUT2D eigenvalue weighted by atomic mass is 16.6. The van der Waals surface area contributed by atoms with Gasteiger partial charge in [-0.05, 0) is 6.92 Å². The van der Waals surface area contributed by atoms with Gasteiger partial charge >= 0.3 is 5.69 Å². The summed E-state index contributed by atoms with van der Waals surface area (Å²) in [6.07, 6.45) is 1.17. The highest BCUT2D eigenvalue weighted by Crippen LogP contribution is 2.24. The third-order valence-electron chi connectivity index (χ3n) is 1.34. The third-order valence-corrected chi connectivity index (χ3v) is 1.34. The Hall–Kier alpha value is -1.59. The van der Waals surface area contributed by atoms with Gasteiger partial charge in [-0.3, -0.25) is 10.1 Å². The molecule has 0 aliphatic rings. The minimum absolute atomic E-state index is 0.0978. The molecule has 1 rings (SSSR count). The average molecular weight is 171 g/mol. The number of hydrogen-bond acceptors (Lipinski definition) is 4. The van der Waals surface area contributed by atoms with Crippen molar-refractivity contribution in [3.63, 3.8) is 0 Å². The van der Waals surface area contributed by atoms with Gasteiger partial charge in [0.2, 0.25) is 0 Å². The first kappa shape index (κ1) is 8.51. The molecule has 12 heavy (non-hydrogen) atoms. The quantitative estimate of drug-likeness (QED) is 0.496. The van der Waals surface area contributed by atoms with Crippen molar-refractivity contribution >= 4 is 5.69 Å². The standard InChI is InChI=1S/C6H9N3O3/c1-3-12-6-5(9(10)11)4-7-8(6)2/h4H,3H2,1-2H3. The lowest BCUT2D eigenvalue weighted by atomic mass is 10.5. The number of ether oxygens (including phenoxy) is 1. The number of hydrogen-bond donors (Lipinski definition) is 0. The van der Waals surface area contributed by atoms with Crippen LogP contribution in [0.1, 0.15) is 6.92 Å². The number of aromatic nitrogens is 2. The molecular formula is C6H9N3O3. The fourth-order valence-corrected chi connectivity index (χ4v) is 0.844. The van der Waals surface area contributed by atoms with Crippen molar-refractivity contribution in [2.45, 2.75) is 6.92 Å². The summed E-state index contributed by atoms with van der Waals surface area (Å²) in [5.74, 6) is 0.197. The zero-order valence-electron chi connectivity index (χ0n) is 6.85. The van der Waals surface area contributed by atoms with E-state index in [1.54, 1.807) is 14.0 Å². The van der Waals surface area contributed by atoms with E-state index in [0.29, 0.717) is 6.61 Å². The third kappa shape index (κ3) is 1.36. The smallest absolute Gasteiger partial charge is 0.350 e. The summed E-state index contributed by atoms with van der Waals surface area (Å²) < 4.78 is 6.36. The van der Waals surface area contributed by atoms with Crippen LogP contribution < -0.4 is 4.74 Å². The topological polar surface area (TPSA) is 70.2 Å². The first-order chi connectivity index (χ1) is 5.66. The Labute approximate surface area is 68.9 Å². The fraction of sp³-hybridized carbons (Fsp3) is 0.500. The molecule has 0 spiro atoms. The summed E-state index contributed by atoms with van der Waals surface area (Å²) in [7, 11) is 1.60. The van der Waals surface area contributed by atoms with Crippen LogP contribution in [0.5, 0.6) is 5.88 Å². The Bertz CT molecular complexity index is 294. The van der Waals surface area contributed by atoms with Crippen molar-refractivity contribution < 1.29 is 9.66 Å². The first-order valence-electron chi connectivity index (χ1n) is 3.46. The van der Waals surface area contributed by atoms with Crippen LogP contribution in [0, 0.1) is 10.1 Å². The molecule has 0 amide bonds. The zero-order chi connectivity index (χ0) is 9.14. The van der Waals surface area contributed by atoms with E-state index in [9.17, 15) is 10.1 Å². The molecule has 0 aromatic carbocycles. The Morgan fingerprint density at radius 3 is 3.00 bits per heavy atom.